The number of phenolic OH excluding ortho intramolecular Hbond substituents is 1. The maximum Gasteiger partial charge on any atom is 0.328 e. The minimum atomic E-state index is -0.704. The molecule has 0 radical (unpaired) electrons. The number of benzene rings is 1. The maximum absolute atomic E-state index is 13.0. The Labute approximate surface area is 309 Å². The Morgan fingerprint density at radius 2 is 0.860 bits per heavy atom. The summed E-state index contributed by atoms with van der Waals surface area (Å²) in [5.74, 6) is -0.250. The van der Waals surface area contributed by atoms with Crippen LogP contribution in [0.2, 0.25) is 0 Å². The Bertz CT molecular complexity index is 886. The molecule has 1 unspecified atom stereocenters. The lowest BCUT2D eigenvalue weighted by Gasteiger charge is -2.18. The van der Waals surface area contributed by atoms with E-state index in [1.807, 2.05) is 0 Å². The molecule has 0 heterocycles. The fourth-order valence-corrected chi connectivity index (χ4v) is 6.91. The Hall–Kier alpha value is -2.04. The molecule has 0 bridgehead atoms. The Morgan fingerprint density at radius 3 is 1.24 bits per heavy atom. The van der Waals surface area contributed by atoms with Gasteiger partial charge in [-0.25, -0.2) is 4.79 Å². The van der Waals surface area contributed by atoms with Crippen molar-refractivity contribution in [3.05, 3.63) is 29.8 Å². The number of hydrogen-bond donors (Lipinski definition) is 2. The summed E-state index contributed by atoms with van der Waals surface area (Å²) < 4.78 is 5.65. The summed E-state index contributed by atoms with van der Waals surface area (Å²) in [5.41, 5.74) is 0.888. The fourth-order valence-electron chi connectivity index (χ4n) is 6.91. The number of rotatable bonds is 37. The van der Waals surface area contributed by atoms with Gasteiger partial charge in [0.25, 0.3) is 0 Å². The normalized spacial score (nSPS) is 11.9. The van der Waals surface area contributed by atoms with Crippen LogP contribution in [0.4, 0.5) is 0 Å². The average Bonchev–Trinajstić information content (AvgIpc) is 3.11. The second-order valence-electron chi connectivity index (χ2n) is 15.2. The second kappa shape index (κ2) is 35.4. The van der Waals surface area contributed by atoms with Crippen molar-refractivity contribution in [2.75, 3.05) is 6.61 Å². The summed E-state index contributed by atoms with van der Waals surface area (Å²) in [6, 6.07) is 6.12. The van der Waals surface area contributed by atoms with Crippen LogP contribution in [0.5, 0.6) is 5.75 Å². The van der Waals surface area contributed by atoms with Gasteiger partial charge in [-0.1, -0.05) is 212 Å². The van der Waals surface area contributed by atoms with E-state index in [-0.39, 0.29) is 17.6 Å². The first kappa shape index (κ1) is 46.0. The molecule has 1 aromatic carbocycles. The molecular weight excluding hydrogens is 618 g/mol. The van der Waals surface area contributed by atoms with E-state index >= 15 is 0 Å². The number of nitrogens with one attached hydrogen (secondary N) is 1. The molecule has 0 aromatic heterocycles. The van der Waals surface area contributed by atoms with Crippen molar-refractivity contribution >= 4 is 11.9 Å². The molecule has 1 amide bonds. The van der Waals surface area contributed by atoms with Crippen LogP contribution in [0.15, 0.2) is 24.3 Å². The standard InChI is InChI=1S/C45H81NO4/c1-3-5-7-9-11-13-15-17-19-21-23-25-27-29-31-33-39-50-45(49)43(40-41-35-37-42(47)38-36-41)46-44(48)34-32-30-28-26-24-22-20-18-16-14-12-10-8-6-4-2/h35-38,43,47H,3-34,39-40H2,1-2H3,(H,46,48). The third-order valence-electron chi connectivity index (χ3n) is 10.2. The molecule has 0 aliphatic carbocycles. The van der Waals surface area contributed by atoms with Crippen LogP contribution >= 0.6 is 0 Å². The van der Waals surface area contributed by atoms with Crippen molar-refractivity contribution in [1.82, 2.24) is 5.32 Å². The number of unbranched alkanes of at least 4 members (excludes halogenated alkanes) is 29. The Kier molecular flexibility index (Phi) is 32.5. The van der Waals surface area contributed by atoms with Crippen LogP contribution < -0.4 is 5.32 Å². The lowest BCUT2D eigenvalue weighted by Crippen LogP contribution is -2.43. The van der Waals surface area contributed by atoms with Gasteiger partial charge in [0.15, 0.2) is 0 Å². The average molecular weight is 700 g/mol. The number of aromatic hydroxyl groups is 1. The van der Waals surface area contributed by atoms with Crippen molar-refractivity contribution in [3.8, 4) is 5.75 Å². The summed E-state index contributed by atoms with van der Waals surface area (Å²) in [6.45, 7) is 4.95. The lowest BCUT2D eigenvalue weighted by molar-refractivity contribution is -0.148. The third-order valence-corrected chi connectivity index (χ3v) is 10.2. The van der Waals surface area contributed by atoms with Crippen molar-refractivity contribution in [2.45, 2.75) is 232 Å². The molecule has 0 spiro atoms. The monoisotopic (exact) mass is 700 g/mol. The molecule has 1 aromatic rings. The molecule has 5 nitrogen and oxygen atoms in total. The molecule has 50 heavy (non-hydrogen) atoms. The van der Waals surface area contributed by atoms with Gasteiger partial charge >= 0.3 is 5.97 Å². The van der Waals surface area contributed by atoms with Gasteiger partial charge in [-0.2, -0.15) is 0 Å². The molecule has 0 saturated heterocycles. The van der Waals surface area contributed by atoms with Gasteiger partial charge in [-0.05, 0) is 30.5 Å². The van der Waals surface area contributed by atoms with E-state index in [4.69, 9.17) is 4.74 Å². The predicted molar refractivity (Wildman–Crippen MR) is 214 cm³/mol. The van der Waals surface area contributed by atoms with Gasteiger partial charge in [0.1, 0.15) is 11.8 Å². The van der Waals surface area contributed by atoms with Crippen molar-refractivity contribution < 1.29 is 19.4 Å². The molecule has 2 N–H and O–H groups in total. The van der Waals surface area contributed by atoms with Crippen LogP contribution in [0.1, 0.15) is 225 Å². The van der Waals surface area contributed by atoms with E-state index in [0.29, 0.717) is 19.4 Å². The van der Waals surface area contributed by atoms with Gasteiger partial charge in [0.05, 0.1) is 6.61 Å². The van der Waals surface area contributed by atoms with Gasteiger partial charge in [-0.15, -0.1) is 0 Å². The number of carbonyl (C=O) groups excluding carboxylic acids is 2. The maximum atomic E-state index is 13.0. The van der Waals surface area contributed by atoms with Crippen LogP contribution in [0.25, 0.3) is 0 Å². The molecule has 1 rings (SSSR count). The quantitative estimate of drug-likeness (QED) is 0.0535. The summed E-state index contributed by atoms with van der Waals surface area (Å²) >= 11 is 0. The Balaban J connectivity index is 2.14. The predicted octanol–water partition coefficient (Wildman–Crippen LogP) is 13.5. The van der Waals surface area contributed by atoms with Crippen LogP contribution in [0, 0.1) is 0 Å². The van der Waals surface area contributed by atoms with Crippen molar-refractivity contribution in [1.29, 1.82) is 0 Å². The lowest BCUT2D eigenvalue weighted by atomic mass is 10.0. The van der Waals surface area contributed by atoms with E-state index in [9.17, 15) is 14.7 Å². The molecule has 0 aliphatic rings. The highest BCUT2D eigenvalue weighted by atomic mass is 16.5. The zero-order valence-electron chi connectivity index (χ0n) is 33.1. The summed E-state index contributed by atoms with van der Waals surface area (Å²) in [7, 11) is 0. The second-order valence-corrected chi connectivity index (χ2v) is 15.2. The summed E-state index contributed by atoms with van der Waals surface area (Å²) in [6.07, 6.45) is 41.2. The zero-order valence-corrected chi connectivity index (χ0v) is 33.1. The van der Waals surface area contributed by atoms with Crippen molar-refractivity contribution in [2.24, 2.45) is 0 Å². The topological polar surface area (TPSA) is 75.6 Å². The van der Waals surface area contributed by atoms with Gasteiger partial charge in [-0.3, -0.25) is 4.79 Å². The van der Waals surface area contributed by atoms with Crippen molar-refractivity contribution in [3.63, 3.8) is 0 Å². The van der Waals surface area contributed by atoms with E-state index in [2.05, 4.69) is 19.2 Å². The van der Waals surface area contributed by atoms with E-state index in [0.717, 1.165) is 31.2 Å². The highest BCUT2D eigenvalue weighted by molar-refractivity contribution is 5.84. The summed E-state index contributed by atoms with van der Waals surface area (Å²) in [5, 5.41) is 12.6. The molecule has 1 atom stereocenters. The molecule has 0 fully saturated rings. The van der Waals surface area contributed by atoms with E-state index in [1.54, 1.807) is 24.3 Å². The third kappa shape index (κ3) is 29.7. The first-order valence-corrected chi connectivity index (χ1v) is 21.8. The molecule has 290 valence electrons. The number of hydrogen-bond acceptors (Lipinski definition) is 4. The number of esters is 1. The zero-order chi connectivity index (χ0) is 36.2. The van der Waals surface area contributed by atoms with Crippen LogP contribution in [-0.4, -0.2) is 29.6 Å². The fraction of sp³-hybridized carbons (Fsp3) is 0.822. The molecule has 5 heteroatoms. The highest BCUT2D eigenvalue weighted by Crippen LogP contribution is 2.16. The number of phenols is 1. The Morgan fingerprint density at radius 1 is 0.520 bits per heavy atom. The van der Waals surface area contributed by atoms with Crippen LogP contribution in [0.3, 0.4) is 0 Å². The number of amides is 1. The SMILES string of the molecule is CCCCCCCCCCCCCCCCCCOC(=O)C(Cc1ccc(O)cc1)NC(=O)CCCCCCCCCCCCCCCCC. The van der Waals surface area contributed by atoms with Gasteiger partial charge in [0.2, 0.25) is 5.91 Å². The molecule has 0 aliphatic heterocycles. The first-order valence-electron chi connectivity index (χ1n) is 21.8. The minimum absolute atomic E-state index is 0.0807. The molecule has 0 saturated carbocycles. The van der Waals surface area contributed by atoms with Gasteiger partial charge < -0.3 is 15.2 Å². The van der Waals surface area contributed by atoms with Gasteiger partial charge in [0, 0.05) is 12.8 Å². The van der Waals surface area contributed by atoms with E-state index < -0.39 is 6.04 Å². The van der Waals surface area contributed by atoms with E-state index in [1.165, 1.54) is 173 Å². The minimum Gasteiger partial charge on any atom is -0.508 e. The molecular formula is C45H81NO4. The smallest absolute Gasteiger partial charge is 0.328 e. The first-order chi connectivity index (χ1) is 24.6. The summed E-state index contributed by atoms with van der Waals surface area (Å²) in [4.78, 5) is 25.8. The largest absolute Gasteiger partial charge is 0.508 e. The number of carbonyl (C=O) groups is 2. The highest BCUT2D eigenvalue weighted by Gasteiger charge is 2.22. The number of ether oxygens (including phenoxy) is 1. The van der Waals surface area contributed by atoms with Crippen LogP contribution in [-0.2, 0) is 20.7 Å².